The average Bonchev–Trinajstić information content (AvgIpc) is 2.37. The molecule has 0 unspecified atom stereocenters. The molecule has 0 heterocycles. The van der Waals surface area contributed by atoms with Crippen LogP contribution in [0.25, 0.3) is 0 Å². The number of aliphatic hydroxyl groups is 1. The lowest BCUT2D eigenvalue weighted by Crippen LogP contribution is -2.26. The maximum Gasteiger partial charge on any atom is 0.211 e. The zero-order chi connectivity index (χ0) is 13.4. The summed E-state index contributed by atoms with van der Waals surface area (Å²) in [7, 11) is -3.36. The monoisotopic (exact) mass is 268 g/mol. The van der Waals surface area contributed by atoms with Gasteiger partial charge in [0, 0.05) is 13.0 Å². The quantitative estimate of drug-likeness (QED) is 0.719. The van der Waals surface area contributed by atoms with E-state index in [9.17, 15) is 8.42 Å². The van der Waals surface area contributed by atoms with Crippen molar-refractivity contribution < 1.29 is 13.5 Å². The number of sulfonamides is 1. The maximum atomic E-state index is 11.6. The van der Waals surface area contributed by atoms with E-state index in [0.29, 0.717) is 12.0 Å². The first-order valence-electron chi connectivity index (χ1n) is 5.61. The van der Waals surface area contributed by atoms with E-state index in [4.69, 9.17) is 10.4 Å². The molecule has 0 fully saturated rings. The van der Waals surface area contributed by atoms with Crippen LogP contribution < -0.4 is 4.72 Å². The van der Waals surface area contributed by atoms with Gasteiger partial charge in [0.1, 0.15) is 0 Å². The van der Waals surface area contributed by atoms with Crippen LogP contribution >= 0.6 is 0 Å². The van der Waals surface area contributed by atoms with E-state index in [0.717, 1.165) is 5.56 Å². The molecule has 98 valence electrons. The van der Waals surface area contributed by atoms with Gasteiger partial charge in [-0.3, -0.25) is 0 Å². The highest BCUT2D eigenvalue weighted by Crippen LogP contribution is 2.08. The smallest absolute Gasteiger partial charge is 0.211 e. The van der Waals surface area contributed by atoms with E-state index < -0.39 is 10.0 Å². The lowest BCUT2D eigenvalue weighted by Gasteiger charge is -2.09. The van der Waals surface area contributed by atoms with E-state index in [1.807, 2.05) is 6.07 Å². The van der Waals surface area contributed by atoms with E-state index in [-0.39, 0.29) is 25.3 Å². The van der Waals surface area contributed by atoms with Crippen LogP contribution in [0.4, 0.5) is 0 Å². The number of rotatable bonds is 7. The summed E-state index contributed by atoms with van der Waals surface area (Å²) in [5, 5.41) is 17.5. The van der Waals surface area contributed by atoms with Crippen LogP contribution in [0.5, 0.6) is 0 Å². The fourth-order valence-corrected chi connectivity index (χ4v) is 2.53. The van der Waals surface area contributed by atoms with Gasteiger partial charge >= 0.3 is 0 Å². The van der Waals surface area contributed by atoms with Crippen molar-refractivity contribution in [1.29, 1.82) is 5.26 Å². The van der Waals surface area contributed by atoms with Crippen molar-refractivity contribution in [2.24, 2.45) is 0 Å². The van der Waals surface area contributed by atoms with Gasteiger partial charge in [-0.1, -0.05) is 24.3 Å². The molecular weight excluding hydrogens is 252 g/mol. The summed E-state index contributed by atoms with van der Waals surface area (Å²) in [6.45, 7) is 0.0396. The van der Waals surface area contributed by atoms with Crippen LogP contribution in [0.2, 0.25) is 0 Å². The number of nitriles is 1. The fraction of sp³-hybridized carbons (Fsp3) is 0.417. The number of hydrogen-bond donors (Lipinski definition) is 2. The maximum absolute atomic E-state index is 11.6. The van der Waals surface area contributed by atoms with Crippen molar-refractivity contribution in [3.8, 4) is 6.07 Å². The zero-order valence-corrected chi connectivity index (χ0v) is 10.8. The van der Waals surface area contributed by atoms with Crippen molar-refractivity contribution >= 4 is 10.0 Å². The Hall–Kier alpha value is -1.42. The van der Waals surface area contributed by atoms with Crippen molar-refractivity contribution in [1.82, 2.24) is 4.72 Å². The lowest BCUT2D eigenvalue weighted by molar-refractivity contribution is 0.280. The van der Waals surface area contributed by atoms with Crippen molar-refractivity contribution in [2.75, 3.05) is 5.75 Å². The first-order valence-corrected chi connectivity index (χ1v) is 7.26. The Morgan fingerprint density at radius 2 is 1.94 bits per heavy atom. The summed E-state index contributed by atoms with van der Waals surface area (Å²) < 4.78 is 25.7. The number of benzene rings is 1. The molecule has 0 aliphatic carbocycles. The first kappa shape index (κ1) is 14.6. The average molecular weight is 268 g/mol. The first-order chi connectivity index (χ1) is 8.59. The Morgan fingerprint density at radius 1 is 1.28 bits per heavy atom. The molecule has 5 nitrogen and oxygen atoms in total. The standard InChI is InChI=1S/C12H16N2O3S/c13-7-3-4-8-18(16,17)14-9-11-5-1-2-6-12(11)10-15/h1-2,5-6,14-15H,3-4,8-10H2. The molecule has 6 heteroatoms. The van der Waals surface area contributed by atoms with E-state index in [1.54, 1.807) is 24.3 Å². The molecule has 0 saturated heterocycles. The van der Waals surface area contributed by atoms with Crippen LogP contribution in [0, 0.1) is 11.3 Å². The Kier molecular flexibility index (Phi) is 5.78. The minimum atomic E-state index is -3.36. The number of hydrogen-bond acceptors (Lipinski definition) is 4. The fourth-order valence-electron chi connectivity index (χ4n) is 1.49. The molecular formula is C12H16N2O3S. The molecule has 0 saturated carbocycles. The minimum Gasteiger partial charge on any atom is -0.392 e. The van der Waals surface area contributed by atoms with Gasteiger partial charge in [-0.2, -0.15) is 5.26 Å². The van der Waals surface area contributed by atoms with Gasteiger partial charge in [-0.25, -0.2) is 13.1 Å². The van der Waals surface area contributed by atoms with E-state index in [2.05, 4.69) is 4.72 Å². The largest absolute Gasteiger partial charge is 0.392 e. The van der Waals surface area contributed by atoms with Gasteiger partial charge in [0.05, 0.1) is 18.4 Å². The molecule has 0 spiro atoms. The van der Waals surface area contributed by atoms with Gasteiger partial charge in [0.25, 0.3) is 0 Å². The molecule has 0 atom stereocenters. The summed E-state index contributed by atoms with van der Waals surface area (Å²) >= 11 is 0. The third-order valence-corrected chi connectivity index (χ3v) is 3.88. The summed E-state index contributed by atoms with van der Waals surface area (Å²) in [6.07, 6.45) is 0.557. The molecule has 1 aromatic rings. The third kappa shape index (κ3) is 4.84. The normalized spacial score (nSPS) is 11.1. The van der Waals surface area contributed by atoms with Crippen molar-refractivity contribution in [3.05, 3.63) is 35.4 Å². The van der Waals surface area contributed by atoms with Crippen LogP contribution in [-0.4, -0.2) is 19.3 Å². The number of nitrogens with one attached hydrogen (secondary N) is 1. The highest BCUT2D eigenvalue weighted by molar-refractivity contribution is 7.89. The van der Waals surface area contributed by atoms with Crippen molar-refractivity contribution in [3.63, 3.8) is 0 Å². The molecule has 0 radical (unpaired) electrons. The zero-order valence-electron chi connectivity index (χ0n) is 9.96. The van der Waals surface area contributed by atoms with Crippen LogP contribution in [0.3, 0.4) is 0 Å². The van der Waals surface area contributed by atoms with Crippen molar-refractivity contribution in [2.45, 2.75) is 26.0 Å². The number of aliphatic hydroxyl groups excluding tert-OH is 1. The second kappa shape index (κ2) is 7.11. The SMILES string of the molecule is N#CCCCS(=O)(=O)NCc1ccccc1CO. The summed E-state index contributed by atoms with van der Waals surface area (Å²) in [5.41, 5.74) is 1.46. The molecule has 2 N–H and O–H groups in total. The molecule has 0 aromatic heterocycles. The highest BCUT2D eigenvalue weighted by Gasteiger charge is 2.10. The molecule has 0 bridgehead atoms. The second-order valence-corrected chi connectivity index (χ2v) is 5.75. The molecule has 1 rings (SSSR count). The number of nitrogens with zero attached hydrogens (tertiary/aromatic N) is 1. The topological polar surface area (TPSA) is 90.2 Å². The van der Waals surface area contributed by atoms with E-state index >= 15 is 0 Å². The number of unbranched alkanes of at least 4 members (excludes halogenated alkanes) is 1. The Labute approximate surface area is 107 Å². The van der Waals surface area contributed by atoms with E-state index in [1.165, 1.54) is 0 Å². The van der Waals surface area contributed by atoms with Gasteiger partial charge in [-0.05, 0) is 17.5 Å². The molecule has 18 heavy (non-hydrogen) atoms. The molecule has 0 aliphatic rings. The summed E-state index contributed by atoms with van der Waals surface area (Å²) in [5.74, 6) is -0.0537. The molecule has 0 amide bonds. The highest BCUT2D eigenvalue weighted by atomic mass is 32.2. The lowest BCUT2D eigenvalue weighted by atomic mass is 10.1. The van der Waals surface area contributed by atoms with Gasteiger partial charge in [0.15, 0.2) is 0 Å². The van der Waals surface area contributed by atoms with Gasteiger partial charge in [0.2, 0.25) is 10.0 Å². The predicted molar refractivity (Wildman–Crippen MR) is 67.8 cm³/mol. The Bertz CT molecular complexity index is 520. The Balaban J connectivity index is 2.56. The van der Waals surface area contributed by atoms with Crippen LogP contribution in [0.15, 0.2) is 24.3 Å². The van der Waals surface area contributed by atoms with Crippen LogP contribution in [0.1, 0.15) is 24.0 Å². The third-order valence-electron chi connectivity index (χ3n) is 2.47. The minimum absolute atomic E-state index is 0.0537. The predicted octanol–water partition coefficient (Wildman–Crippen LogP) is 0.902. The van der Waals surface area contributed by atoms with Gasteiger partial charge < -0.3 is 5.11 Å². The second-order valence-electron chi connectivity index (χ2n) is 3.83. The molecule has 0 aliphatic heterocycles. The summed E-state index contributed by atoms with van der Waals surface area (Å²) in [4.78, 5) is 0. The van der Waals surface area contributed by atoms with Gasteiger partial charge in [-0.15, -0.1) is 0 Å². The summed E-state index contributed by atoms with van der Waals surface area (Å²) in [6, 6.07) is 9.00. The Morgan fingerprint density at radius 3 is 2.56 bits per heavy atom. The van der Waals surface area contributed by atoms with Crippen LogP contribution in [-0.2, 0) is 23.2 Å². The molecule has 1 aromatic carbocycles.